The summed E-state index contributed by atoms with van der Waals surface area (Å²) < 4.78 is 17.9. The second kappa shape index (κ2) is 19.9. The Bertz CT molecular complexity index is 2400. The summed E-state index contributed by atoms with van der Waals surface area (Å²) in [6.45, 7) is 6.38. The number of pyridine rings is 1. The van der Waals surface area contributed by atoms with Crippen LogP contribution in [0.4, 0.5) is 4.79 Å². The lowest BCUT2D eigenvalue weighted by molar-refractivity contribution is -0.150. The van der Waals surface area contributed by atoms with Crippen molar-refractivity contribution in [3.63, 3.8) is 0 Å². The standard InChI is InChI=1S/C47H49ClN4O8/c1-29-36(26-59-44-20-43(58-25-32-16-31(21-49)22-50-23-32)35(19-42(44)48)12-13-47(3,28-54)45(55)56)6-4-8-40(29)41-9-5-7-39(30(41)2)34-11-10-33-18-38(52-24-37(33)17-34)27-60-46(57)51-14-15-53/h4-11,16-17,19-20,22-23,38,52-54H,12-15,18,24-28H2,1-3H3,(H,51,57)(H,55,56)/t38?,47-/m0/s1. The number of hydrogen-bond acceptors (Lipinski definition) is 10. The minimum atomic E-state index is -1.35. The minimum Gasteiger partial charge on any atom is -0.488 e. The molecule has 0 saturated carbocycles. The molecule has 0 aliphatic carbocycles. The molecule has 1 amide bonds. The van der Waals surface area contributed by atoms with Gasteiger partial charge in [0, 0.05) is 43.2 Å². The Kier molecular flexibility index (Phi) is 14.4. The van der Waals surface area contributed by atoms with Crippen LogP contribution in [0.1, 0.15) is 57.9 Å². The molecule has 6 rings (SSSR count). The highest BCUT2D eigenvalue weighted by molar-refractivity contribution is 6.32. The number of nitrogens with zero attached hydrogens (tertiary/aromatic N) is 2. The number of halogens is 1. The highest BCUT2D eigenvalue weighted by Gasteiger charge is 2.32. The lowest BCUT2D eigenvalue weighted by atomic mass is 9.85. The van der Waals surface area contributed by atoms with E-state index in [4.69, 9.17) is 30.9 Å². The summed E-state index contributed by atoms with van der Waals surface area (Å²) in [6.07, 6.45) is 3.67. The Morgan fingerprint density at radius 3 is 2.43 bits per heavy atom. The molecule has 2 heterocycles. The third-order valence-electron chi connectivity index (χ3n) is 11.1. The maximum atomic E-state index is 11.9. The SMILES string of the molecule is Cc1c(COc2cc(OCc3cncc(C#N)c3)c(CC[C@@](C)(CO)C(=O)O)cc2Cl)cccc1-c1cccc(-c2ccc3c(c2)CNC(COC(=O)NCCO)C3)c1C. The van der Waals surface area contributed by atoms with Crippen molar-refractivity contribution in [2.75, 3.05) is 26.4 Å². The van der Waals surface area contributed by atoms with Gasteiger partial charge < -0.3 is 40.2 Å². The highest BCUT2D eigenvalue weighted by atomic mass is 35.5. The molecular formula is C47H49ClN4O8. The van der Waals surface area contributed by atoms with Crippen molar-refractivity contribution in [2.24, 2.45) is 5.41 Å². The smallest absolute Gasteiger partial charge is 0.407 e. The van der Waals surface area contributed by atoms with Crippen molar-refractivity contribution in [1.29, 1.82) is 5.26 Å². The number of aliphatic carboxylic acids is 1. The second-order valence-electron chi connectivity index (χ2n) is 15.3. The zero-order chi connectivity index (χ0) is 42.8. The van der Waals surface area contributed by atoms with Crippen LogP contribution in [0.25, 0.3) is 22.3 Å². The van der Waals surface area contributed by atoms with Gasteiger partial charge in [-0.25, -0.2) is 4.79 Å². The van der Waals surface area contributed by atoms with Gasteiger partial charge in [-0.15, -0.1) is 0 Å². The molecule has 0 bridgehead atoms. The van der Waals surface area contributed by atoms with Gasteiger partial charge in [0.15, 0.2) is 0 Å². The van der Waals surface area contributed by atoms with Crippen molar-refractivity contribution in [1.82, 2.24) is 15.6 Å². The van der Waals surface area contributed by atoms with Crippen molar-refractivity contribution in [2.45, 2.75) is 65.8 Å². The molecule has 1 aromatic heterocycles. The largest absolute Gasteiger partial charge is 0.488 e. The Hall–Kier alpha value is -5.97. The number of carbonyl (C=O) groups is 2. The summed E-state index contributed by atoms with van der Waals surface area (Å²) in [7, 11) is 0. The number of benzene rings is 4. The molecule has 13 heteroatoms. The number of aliphatic hydroxyl groups excluding tert-OH is 2. The number of carboxylic acids is 1. The summed E-state index contributed by atoms with van der Waals surface area (Å²) in [5, 5.41) is 44.2. The minimum absolute atomic E-state index is 0.00465. The van der Waals surface area contributed by atoms with Crippen LogP contribution < -0.4 is 20.1 Å². The number of aromatic nitrogens is 1. The van der Waals surface area contributed by atoms with Gasteiger partial charge in [0.25, 0.3) is 0 Å². The van der Waals surface area contributed by atoms with Crippen molar-refractivity contribution in [3.05, 3.63) is 135 Å². The van der Waals surface area contributed by atoms with Gasteiger partial charge in [-0.3, -0.25) is 9.78 Å². The topological polar surface area (TPSA) is 183 Å². The van der Waals surface area contributed by atoms with E-state index in [9.17, 15) is 25.1 Å². The van der Waals surface area contributed by atoms with Crippen LogP contribution in [-0.4, -0.2) is 64.8 Å². The summed E-state index contributed by atoms with van der Waals surface area (Å²) >= 11 is 6.80. The number of aryl methyl sites for hydroxylation is 1. The van der Waals surface area contributed by atoms with E-state index in [0.717, 1.165) is 45.4 Å². The van der Waals surface area contributed by atoms with Crippen LogP contribution in [0.2, 0.25) is 5.02 Å². The zero-order valence-electron chi connectivity index (χ0n) is 33.9. The molecule has 2 atom stereocenters. The van der Waals surface area contributed by atoms with E-state index in [1.165, 1.54) is 24.2 Å². The second-order valence-corrected chi connectivity index (χ2v) is 15.7. The first kappa shape index (κ1) is 43.6. The predicted octanol–water partition coefficient (Wildman–Crippen LogP) is 7.46. The first-order valence-electron chi connectivity index (χ1n) is 19.7. The van der Waals surface area contributed by atoms with Crippen molar-refractivity contribution in [3.8, 4) is 39.8 Å². The lowest BCUT2D eigenvalue weighted by Crippen LogP contribution is -2.41. The van der Waals surface area contributed by atoms with E-state index >= 15 is 0 Å². The number of hydrogen-bond donors (Lipinski definition) is 5. The normalized spacial score (nSPS) is 14.3. The number of amides is 1. The quantitative estimate of drug-likeness (QED) is 0.0627. The molecule has 5 aromatic rings. The summed E-state index contributed by atoms with van der Waals surface area (Å²) in [4.78, 5) is 27.9. The Labute approximate surface area is 354 Å². The van der Waals surface area contributed by atoms with E-state index in [2.05, 4.69) is 78.0 Å². The molecule has 12 nitrogen and oxygen atoms in total. The van der Waals surface area contributed by atoms with Crippen molar-refractivity contribution < 1.29 is 39.1 Å². The van der Waals surface area contributed by atoms with Crippen LogP contribution in [0, 0.1) is 30.6 Å². The van der Waals surface area contributed by atoms with Gasteiger partial charge in [-0.2, -0.15) is 5.26 Å². The van der Waals surface area contributed by atoms with E-state index in [1.54, 1.807) is 24.4 Å². The van der Waals surface area contributed by atoms with E-state index in [-0.39, 0.29) is 51.9 Å². The molecule has 60 heavy (non-hydrogen) atoms. The number of fused-ring (bicyclic) bond motifs is 1. The van der Waals surface area contributed by atoms with Crippen molar-refractivity contribution >= 4 is 23.7 Å². The highest BCUT2D eigenvalue weighted by Crippen LogP contribution is 2.38. The van der Waals surface area contributed by atoms with Gasteiger partial charge >= 0.3 is 12.1 Å². The molecule has 0 fully saturated rings. The average Bonchev–Trinajstić information content (AvgIpc) is 3.26. The number of ether oxygens (including phenoxy) is 3. The molecule has 0 spiro atoms. The van der Waals surface area contributed by atoms with Gasteiger partial charge in [0.2, 0.25) is 0 Å². The molecule has 4 aromatic carbocycles. The molecule has 1 aliphatic rings. The number of alkyl carbamates (subject to hydrolysis) is 1. The van der Waals surface area contributed by atoms with Gasteiger partial charge in [0.1, 0.15) is 37.4 Å². The van der Waals surface area contributed by atoms with E-state index in [0.29, 0.717) is 39.8 Å². The number of aliphatic hydroxyl groups is 2. The number of nitriles is 1. The van der Waals surface area contributed by atoms with Crippen LogP contribution >= 0.6 is 11.6 Å². The summed E-state index contributed by atoms with van der Waals surface area (Å²) in [6, 6.07) is 26.2. The Morgan fingerprint density at radius 1 is 0.933 bits per heavy atom. The average molecular weight is 833 g/mol. The molecular weight excluding hydrogens is 784 g/mol. The molecule has 1 aliphatic heterocycles. The fourth-order valence-corrected chi connectivity index (χ4v) is 7.49. The number of carbonyl (C=O) groups excluding carboxylic acids is 1. The predicted molar refractivity (Wildman–Crippen MR) is 228 cm³/mol. The molecule has 0 radical (unpaired) electrons. The molecule has 5 N–H and O–H groups in total. The van der Waals surface area contributed by atoms with Gasteiger partial charge in [0.05, 0.1) is 29.2 Å². The zero-order valence-corrected chi connectivity index (χ0v) is 34.6. The van der Waals surface area contributed by atoms with Crippen LogP contribution in [0.5, 0.6) is 11.5 Å². The summed E-state index contributed by atoms with van der Waals surface area (Å²) in [5.74, 6) is -0.280. The first-order valence-corrected chi connectivity index (χ1v) is 20.1. The monoisotopic (exact) mass is 832 g/mol. The maximum absolute atomic E-state index is 11.9. The molecule has 1 unspecified atom stereocenters. The first-order chi connectivity index (χ1) is 28.9. The number of carboxylic acid groups (broad SMARTS) is 1. The number of rotatable bonds is 17. The van der Waals surface area contributed by atoms with Gasteiger partial charge in [-0.1, -0.05) is 60.1 Å². The fourth-order valence-electron chi connectivity index (χ4n) is 7.25. The van der Waals surface area contributed by atoms with E-state index < -0.39 is 24.1 Å². The van der Waals surface area contributed by atoms with Crippen LogP contribution in [-0.2, 0) is 42.1 Å². The molecule has 312 valence electrons. The fraction of sp³-hybridized carbons (Fsp3) is 0.319. The Morgan fingerprint density at radius 2 is 1.68 bits per heavy atom. The summed E-state index contributed by atoms with van der Waals surface area (Å²) in [5.41, 5.74) is 10.3. The number of nitrogens with one attached hydrogen (secondary N) is 2. The van der Waals surface area contributed by atoms with Crippen LogP contribution in [0.3, 0.4) is 0 Å². The van der Waals surface area contributed by atoms with E-state index in [1.807, 2.05) is 12.1 Å². The maximum Gasteiger partial charge on any atom is 0.407 e. The third-order valence-corrected chi connectivity index (χ3v) is 11.4. The molecule has 0 saturated heterocycles. The van der Waals surface area contributed by atoms with Gasteiger partial charge in [-0.05, 0) is 114 Å². The lowest BCUT2D eigenvalue weighted by Gasteiger charge is -2.26. The third kappa shape index (κ3) is 10.4. The van der Waals surface area contributed by atoms with Crippen LogP contribution in [0.15, 0.2) is 85.2 Å². The Balaban J connectivity index is 1.20.